The summed E-state index contributed by atoms with van der Waals surface area (Å²) in [6.07, 6.45) is 0. The average molecular weight is 267 g/mol. The first-order valence-corrected chi connectivity index (χ1v) is 5.62. The zero-order valence-electron chi connectivity index (χ0n) is 11.1. The van der Waals surface area contributed by atoms with E-state index >= 15 is 0 Å². The Kier molecular flexibility index (Phi) is 4.10. The van der Waals surface area contributed by atoms with Crippen molar-refractivity contribution < 1.29 is 14.5 Å². The normalized spacial score (nSPS) is 13.7. The minimum absolute atomic E-state index is 0.105. The molecule has 1 unspecified atom stereocenters. The number of nitro benzene ring substituents is 1. The number of carbonyl (C=O) groups excluding carboxylic acids is 1. The fourth-order valence-electron chi connectivity index (χ4n) is 1.55. The summed E-state index contributed by atoms with van der Waals surface area (Å²) in [5.41, 5.74) is 10.6. The van der Waals surface area contributed by atoms with Gasteiger partial charge < -0.3 is 16.2 Å². The van der Waals surface area contributed by atoms with Crippen LogP contribution < -0.4 is 16.2 Å². The number of hydrogen-bond acceptors (Lipinski definition) is 5. The van der Waals surface area contributed by atoms with Crippen LogP contribution >= 0.6 is 0 Å². The molecule has 19 heavy (non-hydrogen) atoms. The highest BCUT2D eigenvalue weighted by Gasteiger charge is 2.28. The number of nitrogens with two attached hydrogens (primary N) is 2. The summed E-state index contributed by atoms with van der Waals surface area (Å²) in [5, 5.41) is 11.0. The smallest absolute Gasteiger partial charge is 0.311 e. The summed E-state index contributed by atoms with van der Waals surface area (Å²) in [6.45, 7) is 4.62. The van der Waals surface area contributed by atoms with Crippen molar-refractivity contribution in [3.63, 3.8) is 0 Å². The minimum atomic E-state index is -1.38. The van der Waals surface area contributed by atoms with Gasteiger partial charge in [-0.05, 0) is 31.9 Å². The van der Waals surface area contributed by atoms with E-state index in [1.807, 2.05) is 0 Å². The van der Waals surface area contributed by atoms with Gasteiger partial charge in [-0.15, -0.1) is 0 Å². The molecule has 104 valence electrons. The maximum absolute atomic E-state index is 11.1. The molecule has 0 aliphatic carbocycles. The predicted molar refractivity (Wildman–Crippen MR) is 69.9 cm³/mol. The number of hydrogen-bond donors (Lipinski definition) is 2. The van der Waals surface area contributed by atoms with Gasteiger partial charge in [-0.1, -0.05) is 6.07 Å². The lowest BCUT2D eigenvalue weighted by Crippen LogP contribution is -2.53. The number of nitrogens with zero attached hydrogens (tertiary/aromatic N) is 1. The second-order valence-electron chi connectivity index (χ2n) is 4.76. The maximum Gasteiger partial charge on any atom is 0.311 e. The van der Waals surface area contributed by atoms with Crippen LogP contribution in [0.4, 0.5) is 5.69 Å². The van der Waals surface area contributed by atoms with Crippen molar-refractivity contribution >= 4 is 11.6 Å². The molecule has 1 aromatic carbocycles. The Morgan fingerprint density at radius 1 is 1.47 bits per heavy atom. The predicted octanol–water partition coefficient (Wildman–Crippen LogP) is 0.793. The van der Waals surface area contributed by atoms with Gasteiger partial charge in [0.25, 0.3) is 0 Å². The summed E-state index contributed by atoms with van der Waals surface area (Å²) in [5.74, 6) is -0.631. The molecular formula is C12H17N3O4. The van der Waals surface area contributed by atoms with Gasteiger partial charge in [0.2, 0.25) is 5.91 Å². The molecule has 7 nitrogen and oxygen atoms in total. The number of aryl methyl sites for hydroxylation is 2. The number of primary amides is 1. The molecule has 1 amide bonds. The van der Waals surface area contributed by atoms with Crippen molar-refractivity contribution in [3.8, 4) is 5.75 Å². The van der Waals surface area contributed by atoms with Crippen molar-refractivity contribution in [3.05, 3.63) is 33.4 Å². The van der Waals surface area contributed by atoms with Crippen LogP contribution in [0.2, 0.25) is 0 Å². The van der Waals surface area contributed by atoms with E-state index < -0.39 is 16.4 Å². The lowest BCUT2D eigenvalue weighted by Gasteiger charge is -2.21. The molecule has 0 spiro atoms. The van der Waals surface area contributed by atoms with E-state index in [9.17, 15) is 14.9 Å². The molecule has 4 N–H and O–H groups in total. The zero-order valence-corrected chi connectivity index (χ0v) is 11.1. The van der Waals surface area contributed by atoms with Crippen molar-refractivity contribution in [2.24, 2.45) is 11.5 Å². The highest BCUT2D eigenvalue weighted by atomic mass is 16.6. The number of carbonyl (C=O) groups is 1. The molecule has 7 heteroatoms. The van der Waals surface area contributed by atoms with Crippen LogP contribution in [0, 0.1) is 24.0 Å². The van der Waals surface area contributed by atoms with Crippen molar-refractivity contribution in [1.29, 1.82) is 0 Å². The number of nitro groups is 1. The summed E-state index contributed by atoms with van der Waals surface area (Å²) in [4.78, 5) is 21.5. The number of ether oxygens (including phenoxy) is 1. The van der Waals surface area contributed by atoms with E-state index in [2.05, 4.69) is 0 Å². The third-order valence-electron chi connectivity index (χ3n) is 2.68. The first-order chi connectivity index (χ1) is 8.65. The van der Waals surface area contributed by atoms with E-state index in [4.69, 9.17) is 16.2 Å². The van der Waals surface area contributed by atoms with Crippen LogP contribution in [0.25, 0.3) is 0 Å². The Morgan fingerprint density at radius 3 is 2.53 bits per heavy atom. The highest BCUT2D eigenvalue weighted by Crippen LogP contribution is 2.32. The van der Waals surface area contributed by atoms with Crippen molar-refractivity contribution in [2.45, 2.75) is 26.3 Å². The molecule has 0 bridgehead atoms. The van der Waals surface area contributed by atoms with Crippen molar-refractivity contribution in [1.82, 2.24) is 0 Å². The lowest BCUT2D eigenvalue weighted by molar-refractivity contribution is -0.386. The van der Waals surface area contributed by atoms with Crippen LogP contribution in [-0.2, 0) is 4.79 Å². The topological polar surface area (TPSA) is 121 Å². The Hall–Kier alpha value is -2.15. The van der Waals surface area contributed by atoms with Crippen molar-refractivity contribution in [2.75, 3.05) is 6.61 Å². The molecule has 0 fully saturated rings. The highest BCUT2D eigenvalue weighted by molar-refractivity contribution is 5.84. The zero-order chi connectivity index (χ0) is 14.8. The first-order valence-electron chi connectivity index (χ1n) is 5.62. The van der Waals surface area contributed by atoms with E-state index in [0.29, 0.717) is 5.56 Å². The SMILES string of the molecule is Cc1cc(C)c(OCC(C)(N)C(N)=O)c([N+](=O)[O-])c1. The lowest BCUT2D eigenvalue weighted by atomic mass is 10.1. The number of amides is 1. The van der Waals surface area contributed by atoms with Crippen LogP contribution in [-0.4, -0.2) is 23.0 Å². The van der Waals surface area contributed by atoms with Gasteiger partial charge in [0.05, 0.1) is 4.92 Å². The van der Waals surface area contributed by atoms with Crippen LogP contribution in [0.5, 0.6) is 5.75 Å². The maximum atomic E-state index is 11.1. The Labute approximate surface area is 110 Å². The van der Waals surface area contributed by atoms with Crippen LogP contribution in [0.1, 0.15) is 18.1 Å². The molecule has 0 saturated heterocycles. The second kappa shape index (κ2) is 5.23. The largest absolute Gasteiger partial charge is 0.484 e. The van der Waals surface area contributed by atoms with Crippen LogP contribution in [0.3, 0.4) is 0 Å². The van der Waals surface area contributed by atoms with E-state index in [-0.39, 0.29) is 18.0 Å². The van der Waals surface area contributed by atoms with Gasteiger partial charge in [0.1, 0.15) is 12.1 Å². The van der Waals surface area contributed by atoms with E-state index in [1.54, 1.807) is 19.9 Å². The molecule has 1 aromatic rings. The standard InChI is InChI=1S/C12H17N3O4/c1-7-4-8(2)10(9(5-7)15(17)18)19-6-12(3,14)11(13)16/h4-5H,6,14H2,1-3H3,(H2,13,16). The van der Waals surface area contributed by atoms with Gasteiger partial charge in [0.15, 0.2) is 5.75 Å². The third-order valence-corrected chi connectivity index (χ3v) is 2.68. The summed E-state index contributed by atoms with van der Waals surface area (Å²) in [7, 11) is 0. The quantitative estimate of drug-likeness (QED) is 0.603. The molecule has 0 radical (unpaired) electrons. The Bertz CT molecular complexity index is 526. The van der Waals surface area contributed by atoms with Crippen LogP contribution in [0.15, 0.2) is 12.1 Å². The Balaban J connectivity index is 3.08. The molecule has 0 aliphatic heterocycles. The fraction of sp³-hybridized carbons (Fsp3) is 0.417. The monoisotopic (exact) mass is 267 g/mol. The van der Waals surface area contributed by atoms with Gasteiger partial charge in [0, 0.05) is 6.07 Å². The van der Waals surface area contributed by atoms with Gasteiger partial charge in [-0.25, -0.2) is 0 Å². The summed E-state index contributed by atoms with van der Waals surface area (Å²) in [6, 6.07) is 3.15. The number of benzene rings is 1. The average Bonchev–Trinajstić information content (AvgIpc) is 2.26. The van der Waals surface area contributed by atoms with E-state index in [0.717, 1.165) is 5.56 Å². The molecule has 0 saturated carbocycles. The molecule has 0 aliphatic rings. The van der Waals surface area contributed by atoms with E-state index in [1.165, 1.54) is 13.0 Å². The first kappa shape index (κ1) is 14.9. The molecule has 0 aromatic heterocycles. The number of rotatable bonds is 5. The molecule has 1 atom stereocenters. The summed E-state index contributed by atoms with van der Waals surface area (Å²) < 4.78 is 5.34. The Morgan fingerprint density at radius 2 is 2.05 bits per heavy atom. The summed E-state index contributed by atoms with van der Waals surface area (Å²) >= 11 is 0. The fourth-order valence-corrected chi connectivity index (χ4v) is 1.55. The minimum Gasteiger partial charge on any atom is -0.484 e. The third kappa shape index (κ3) is 3.41. The molecule has 1 rings (SSSR count). The molecular weight excluding hydrogens is 250 g/mol. The molecule has 0 heterocycles. The van der Waals surface area contributed by atoms with Gasteiger partial charge in [-0.2, -0.15) is 0 Å². The second-order valence-corrected chi connectivity index (χ2v) is 4.76. The van der Waals surface area contributed by atoms with Gasteiger partial charge >= 0.3 is 5.69 Å². The van der Waals surface area contributed by atoms with Gasteiger partial charge in [-0.3, -0.25) is 14.9 Å².